The summed E-state index contributed by atoms with van der Waals surface area (Å²) >= 11 is 0. The maximum Gasteiger partial charge on any atom is 0.338 e. The normalized spacial score (nSPS) is 13.1. The molecule has 0 spiro atoms. The Balaban J connectivity index is 1.22. The maximum absolute atomic E-state index is 14.7. The van der Waals surface area contributed by atoms with E-state index in [1.807, 2.05) is 53.2 Å². The van der Waals surface area contributed by atoms with Gasteiger partial charge in [-0.15, -0.1) is 0 Å². The van der Waals surface area contributed by atoms with Crippen LogP contribution in [0.4, 0.5) is 4.39 Å². The molecule has 4 aromatic heterocycles. The number of para-hydroxylation sites is 1. The smallest absolute Gasteiger partial charge is 0.338 e. The number of carbonyl (C=O) groups excluding carboxylic acids is 1. The third-order valence-corrected chi connectivity index (χ3v) is 9.14. The van der Waals surface area contributed by atoms with E-state index in [9.17, 15) is 14.0 Å². The van der Waals surface area contributed by atoms with Crippen LogP contribution in [-0.4, -0.2) is 64.7 Å². The number of aromatic amines is 1. The molecule has 1 aliphatic rings. The van der Waals surface area contributed by atoms with Crippen molar-refractivity contribution in [3.63, 3.8) is 0 Å². The largest absolute Gasteiger partial charge is 0.383 e. The van der Waals surface area contributed by atoms with E-state index in [2.05, 4.69) is 10.1 Å². The number of imidazole rings is 1. The van der Waals surface area contributed by atoms with Gasteiger partial charge in [-0.3, -0.25) is 18.6 Å². The fourth-order valence-electron chi connectivity index (χ4n) is 6.68. The number of benzene rings is 3. The first-order valence-electron chi connectivity index (χ1n) is 15.8. The van der Waals surface area contributed by atoms with Gasteiger partial charge in [0.05, 0.1) is 48.5 Å². The molecule has 7 aromatic rings. The highest BCUT2D eigenvalue weighted by Crippen LogP contribution is 2.30. The van der Waals surface area contributed by atoms with Gasteiger partial charge in [0.1, 0.15) is 17.3 Å². The zero-order chi connectivity index (χ0) is 33.1. The number of carbonyl (C=O) groups is 1. The summed E-state index contributed by atoms with van der Waals surface area (Å²) in [6.07, 6.45) is 5.71. The molecule has 0 radical (unpaired) electrons. The number of H-pyrrole nitrogens is 1. The topological polar surface area (TPSA) is 108 Å². The molecule has 1 aliphatic heterocycles. The molecule has 5 heterocycles. The average molecular weight is 645 g/mol. The molecule has 0 bridgehead atoms. The Morgan fingerprint density at radius 1 is 0.979 bits per heavy atom. The number of rotatable bonds is 7. The lowest BCUT2D eigenvalue weighted by molar-refractivity contribution is 0.0729. The Bertz CT molecular complexity index is 2370. The molecule has 242 valence electrons. The average Bonchev–Trinajstić information content (AvgIpc) is 3.88. The highest BCUT2D eigenvalue weighted by molar-refractivity contribution is 5.98. The van der Waals surface area contributed by atoms with E-state index in [1.54, 1.807) is 70.4 Å². The monoisotopic (exact) mass is 644 g/mol. The summed E-state index contributed by atoms with van der Waals surface area (Å²) in [4.78, 5) is 33.1. The number of halogens is 1. The Hall–Kier alpha value is -5.75. The first-order valence-corrected chi connectivity index (χ1v) is 15.8. The molecule has 3 aromatic carbocycles. The van der Waals surface area contributed by atoms with Crippen molar-refractivity contribution in [3.8, 4) is 17.2 Å². The van der Waals surface area contributed by atoms with E-state index in [0.29, 0.717) is 60.1 Å². The second kappa shape index (κ2) is 11.5. The molecule has 0 unspecified atom stereocenters. The van der Waals surface area contributed by atoms with Crippen molar-refractivity contribution in [1.82, 2.24) is 38.6 Å². The van der Waals surface area contributed by atoms with E-state index in [4.69, 9.17) is 9.84 Å². The predicted molar refractivity (Wildman–Crippen MR) is 180 cm³/mol. The van der Waals surface area contributed by atoms with Crippen LogP contribution < -0.4 is 5.69 Å². The highest BCUT2D eigenvalue weighted by atomic mass is 19.1. The fourth-order valence-corrected chi connectivity index (χ4v) is 6.68. The molecule has 0 saturated carbocycles. The molecule has 1 amide bonds. The van der Waals surface area contributed by atoms with Crippen molar-refractivity contribution in [2.75, 3.05) is 20.3 Å². The third kappa shape index (κ3) is 4.83. The molecule has 1 N–H and O–H groups in total. The number of methoxy groups -OCH3 is 1. The highest BCUT2D eigenvalue weighted by Gasteiger charge is 2.31. The van der Waals surface area contributed by atoms with Gasteiger partial charge >= 0.3 is 5.69 Å². The van der Waals surface area contributed by atoms with Gasteiger partial charge in [0.2, 0.25) is 0 Å². The summed E-state index contributed by atoms with van der Waals surface area (Å²) in [5.41, 5.74) is 5.85. The number of hydrogen-bond donors (Lipinski definition) is 1. The summed E-state index contributed by atoms with van der Waals surface area (Å²) in [7, 11) is 1.65. The minimum absolute atomic E-state index is 0.131. The van der Waals surface area contributed by atoms with Crippen LogP contribution in [-0.2, 0) is 24.2 Å². The SMILES string of the molecule is COCCn1ncc2cc(-n3ccn(-c4c5c(nn4-c4cc(C)c(F)c(C)c4)CCN(C(=O)c4cc6ccccc6[nH]4)C5)c3=O)ccc21. The minimum Gasteiger partial charge on any atom is -0.383 e. The van der Waals surface area contributed by atoms with Crippen LogP contribution in [0.2, 0.25) is 0 Å². The minimum atomic E-state index is -0.306. The van der Waals surface area contributed by atoms with Gasteiger partial charge in [0, 0.05) is 54.3 Å². The van der Waals surface area contributed by atoms with Crippen LogP contribution in [0.3, 0.4) is 0 Å². The summed E-state index contributed by atoms with van der Waals surface area (Å²) in [6.45, 7) is 5.30. The van der Waals surface area contributed by atoms with Gasteiger partial charge in [-0.25, -0.2) is 13.9 Å². The Morgan fingerprint density at radius 2 is 1.77 bits per heavy atom. The van der Waals surface area contributed by atoms with Gasteiger partial charge < -0.3 is 14.6 Å². The summed E-state index contributed by atoms with van der Waals surface area (Å²) in [5.74, 6) is 0.103. The van der Waals surface area contributed by atoms with E-state index >= 15 is 0 Å². The second-order valence-electron chi connectivity index (χ2n) is 12.2. The number of aromatic nitrogens is 7. The number of amides is 1. The zero-order valence-electron chi connectivity index (χ0n) is 26.8. The van der Waals surface area contributed by atoms with Gasteiger partial charge in [0.25, 0.3) is 5.91 Å². The number of fused-ring (bicyclic) bond motifs is 3. The van der Waals surface area contributed by atoms with Crippen LogP contribution >= 0.6 is 0 Å². The second-order valence-corrected chi connectivity index (χ2v) is 12.2. The first-order chi connectivity index (χ1) is 23.3. The van der Waals surface area contributed by atoms with Gasteiger partial charge in [0.15, 0.2) is 0 Å². The van der Waals surface area contributed by atoms with Gasteiger partial charge in [-0.05, 0) is 67.4 Å². The van der Waals surface area contributed by atoms with Crippen LogP contribution in [0.25, 0.3) is 39.0 Å². The van der Waals surface area contributed by atoms with E-state index < -0.39 is 0 Å². The number of ether oxygens (including phenoxy) is 1. The zero-order valence-corrected chi connectivity index (χ0v) is 26.8. The molecule has 0 aliphatic carbocycles. The fraction of sp³-hybridized carbons (Fsp3) is 0.222. The van der Waals surface area contributed by atoms with E-state index in [0.717, 1.165) is 33.1 Å². The Kier molecular flexibility index (Phi) is 7.10. The molecule has 0 fully saturated rings. The van der Waals surface area contributed by atoms with Crippen molar-refractivity contribution in [2.45, 2.75) is 33.4 Å². The van der Waals surface area contributed by atoms with E-state index in [-0.39, 0.29) is 24.0 Å². The summed E-state index contributed by atoms with van der Waals surface area (Å²) < 4.78 is 26.7. The lowest BCUT2D eigenvalue weighted by atomic mass is 10.1. The molecule has 0 atom stereocenters. The quantitative estimate of drug-likeness (QED) is 0.255. The standard InChI is InChI=1S/C36H33FN8O3/c1-22-16-27(17-23(2)33(22)37)45-34(28-21-41(11-10-30(28)40-45)35(46)31-19-24-6-4-5-7-29(24)39-31)43-13-12-42(36(43)47)26-8-9-32-25(18-26)20-38-44(32)14-15-48-3/h4-9,12-13,16-20,39H,10-11,14-15,21H2,1-3H3. The molecular weight excluding hydrogens is 611 g/mol. The van der Waals surface area contributed by atoms with Crippen molar-refractivity contribution < 1.29 is 13.9 Å². The number of aryl methyl sites for hydroxylation is 2. The maximum atomic E-state index is 14.7. The Labute approximate surface area is 274 Å². The van der Waals surface area contributed by atoms with E-state index in [1.165, 1.54) is 0 Å². The number of hydrogen-bond acceptors (Lipinski definition) is 5. The number of nitrogens with zero attached hydrogens (tertiary/aromatic N) is 7. The molecule has 48 heavy (non-hydrogen) atoms. The van der Waals surface area contributed by atoms with Crippen molar-refractivity contribution in [1.29, 1.82) is 0 Å². The predicted octanol–water partition coefficient (Wildman–Crippen LogP) is 5.25. The summed E-state index contributed by atoms with van der Waals surface area (Å²) in [6, 6.07) is 18.9. The van der Waals surface area contributed by atoms with Crippen LogP contribution in [0.5, 0.6) is 0 Å². The Morgan fingerprint density at radius 3 is 2.56 bits per heavy atom. The lowest BCUT2D eigenvalue weighted by Crippen LogP contribution is -2.36. The van der Waals surface area contributed by atoms with Crippen LogP contribution in [0.15, 0.2) is 84.0 Å². The van der Waals surface area contributed by atoms with Crippen LogP contribution in [0.1, 0.15) is 32.9 Å². The molecule has 11 nitrogen and oxygen atoms in total. The summed E-state index contributed by atoms with van der Waals surface area (Å²) in [5, 5.41) is 11.3. The van der Waals surface area contributed by atoms with Gasteiger partial charge in [-0.2, -0.15) is 10.2 Å². The molecule has 8 rings (SSSR count). The first kappa shape index (κ1) is 29.6. The van der Waals surface area contributed by atoms with Crippen molar-refractivity contribution >= 4 is 27.7 Å². The molecular formula is C36H33FN8O3. The lowest BCUT2D eigenvalue weighted by Gasteiger charge is -2.26. The van der Waals surface area contributed by atoms with Crippen LogP contribution in [0, 0.1) is 19.7 Å². The van der Waals surface area contributed by atoms with Crippen molar-refractivity contribution in [2.24, 2.45) is 0 Å². The number of nitrogens with one attached hydrogen (secondary N) is 1. The molecule has 0 saturated heterocycles. The molecule has 12 heteroatoms. The van der Waals surface area contributed by atoms with Gasteiger partial charge in [-0.1, -0.05) is 18.2 Å². The third-order valence-electron chi connectivity index (χ3n) is 9.14. The van der Waals surface area contributed by atoms with Crippen molar-refractivity contribution in [3.05, 3.63) is 124 Å².